The number of benzene rings is 2. The molecule has 4 heterocycles. The Morgan fingerprint density at radius 1 is 1.12 bits per heavy atom. The summed E-state index contributed by atoms with van der Waals surface area (Å²) in [6.07, 6.45) is 2.33. The van der Waals surface area contributed by atoms with Gasteiger partial charge >= 0.3 is 0 Å². The first kappa shape index (κ1) is 27.9. The topological polar surface area (TPSA) is 102 Å². The summed E-state index contributed by atoms with van der Waals surface area (Å²) in [5.41, 5.74) is 1.48. The number of rotatable bonds is 5. The van der Waals surface area contributed by atoms with Gasteiger partial charge in [0.05, 0.1) is 36.3 Å². The minimum Gasteiger partial charge on any atom is -0.388 e. The Hall–Kier alpha value is -3.21. The summed E-state index contributed by atoms with van der Waals surface area (Å²) in [6, 6.07) is 16.5. The summed E-state index contributed by atoms with van der Waals surface area (Å²) >= 11 is 12.5. The van der Waals surface area contributed by atoms with Crippen LogP contribution in [0.15, 0.2) is 65.7 Å². The van der Waals surface area contributed by atoms with E-state index in [1.165, 1.54) is 10.9 Å². The number of aliphatic hydroxyl groups is 1. The van der Waals surface area contributed by atoms with Gasteiger partial charge in [0.15, 0.2) is 5.65 Å². The number of hydrogen-bond acceptors (Lipinski definition) is 6. The molecule has 0 saturated carbocycles. The summed E-state index contributed by atoms with van der Waals surface area (Å²) < 4.78 is 8.95. The number of nitrogens with zero attached hydrogens (tertiary/aromatic N) is 4. The van der Waals surface area contributed by atoms with E-state index >= 15 is 0 Å². The molecule has 2 N–H and O–H groups in total. The molecule has 1 amide bonds. The van der Waals surface area contributed by atoms with Crippen molar-refractivity contribution in [3.05, 3.63) is 92.6 Å². The van der Waals surface area contributed by atoms with E-state index in [9.17, 15) is 14.7 Å². The second-order valence-electron chi connectivity index (χ2n) is 10.9. The number of halogens is 2. The monoisotopic (exact) mass is 595 g/mol. The number of aromatic nitrogens is 3. The van der Waals surface area contributed by atoms with Crippen molar-refractivity contribution in [1.82, 2.24) is 24.3 Å². The minimum atomic E-state index is -1.15. The number of carbonyl (C=O) groups excluding carboxylic acids is 1. The predicted molar refractivity (Wildman–Crippen MR) is 158 cm³/mol. The van der Waals surface area contributed by atoms with Gasteiger partial charge < -0.3 is 20.1 Å². The molecule has 2 aromatic carbocycles. The molecule has 2 saturated heterocycles. The average Bonchev–Trinajstić information content (AvgIpc) is 3.32. The van der Waals surface area contributed by atoms with E-state index in [0.717, 1.165) is 17.8 Å². The lowest BCUT2D eigenvalue weighted by Crippen LogP contribution is -2.49. The second-order valence-corrected chi connectivity index (χ2v) is 11.8. The van der Waals surface area contributed by atoms with Gasteiger partial charge in [0.25, 0.3) is 11.5 Å². The summed E-state index contributed by atoms with van der Waals surface area (Å²) in [7, 11) is 0. The molecular weight excluding hydrogens is 565 g/mol. The summed E-state index contributed by atoms with van der Waals surface area (Å²) in [5.74, 6) is -0.106. The number of ether oxygens (including phenoxy) is 1. The number of nitrogens with one attached hydrogen (secondary N) is 1. The molecule has 11 heteroatoms. The SMILES string of the molecule is C[C@@H]1CN[C@H](c2ccc(-n3c(Cl)cc4c(=O)n(CC5(O)CCN(C(=O)c6ccc(Cl)cc6)CC5)cnc43)cc2)CO1. The molecule has 2 aromatic heterocycles. The minimum absolute atomic E-state index is 0.0737. The van der Waals surface area contributed by atoms with Gasteiger partial charge in [-0.2, -0.15) is 0 Å². The van der Waals surface area contributed by atoms with Crippen LogP contribution in [0, 0.1) is 0 Å². The van der Waals surface area contributed by atoms with Crippen LogP contribution in [0.2, 0.25) is 10.2 Å². The molecule has 2 fully saturated rings. The van der Waals surface area contributed by atoms with Crippen molar-refractivity contribution in [2.24, 2.45) is 0 Å². The number of piperidine rings is 1. The molecule has 4 aromatic rings. The normalized spacial score (nSPS) is 20.8. The number of fused-ring (bicyclic) bond motifs is 1. The average molecular weight is 597 g/mol. The lowest BCUT2D eigenvalue weighted by atomic mass is 9.91. The van der Waals surface area contributed by atoms with Gasteiger partial charge in [-0.25, -0.2) is 4.98 Å². The van der Waals surface area contributed by atoms with Crippen molar-refractivity contribution >= 4 is 40.1 Å². The van der Waals surface area contributed by atoms with Crippen LogP contribution in [0.1, 0.15) is 41.7 Å². The van der Waals surface area contributed by atoms with Gasteiger partial charge in [0.2, 0.25) is 0 Å². The summed E-state index contributed by atoms with van der Waals surface area (Å²) in [4.78, 5) is 32.6. The third kappa shape index (κ3) is 5.65. The molecule has 2 atom stereocenters. The van der Waals surface area contributed by atoms with Crippen LogP contribution in [-0.2, 0) is 11.3 Å². The zero-order valence-electron chi connectivity index (χ0n) is 22.6. The van der Waals surface area contributed by atoms with Crippen molar-refractivity contribution < 1.29 is 14.6 Å². The fourth-order valence-corrected chi connectivity index (χ4v) is 5.99. The maximum Gasteiger partial charge on any atom is 0.262 e. The van der Waals surface area contributed by atoms with Crippen molar-refractivity contribution in [3.63, 3.8) is 0 Å². The smallest absolute Gasteiger partial charge is 0.262 e. The number of likely N-dealkylation sites (tertiary alicyclic amines) is 1. The molecule has 41 heavy (non-hydrogen) atoms. The Bertz CT molecular complexity index is 1620. The summed E-state index contributed by atoms with van der Waals surface area (Å²) in [5, 5.41) is 16.1. The van der Waals surface area contributed by atoms with Crippen LogP contribution in [-0.4, -0.2) is 68.0 Å². The van der Waals surface area contributed by atoms with E-state index in [4.69, 9.17) is 27.9 Å². The quantitative estimate of drug-likeness (QED) is 0.358. The van der Waals surface area contributed by atoms with Crippen LogP contribution < -0.4 is 10.9 Å². The highest BCUT2D eigenvalue weighted by molar-refractivity contribution is 6.31. The largest absolute Gasteiger partial charge is 0.388 e. The van der Waals surface area contributed by atoms with Crippen molar-refractivity contribution in [2.45, 2.75) is 44.1 Å². The molecular formula is C30H31Cl2N5O4. The molecule has 2 aliphatic heterocycles. The molecule has 214 valence electrons. The molecule has 9 nitrogen and oxygen atoms in total. The third-order valence-electron chi connectivity index (χ3n) is 8.03. The molecule has 6 rings (SSSR count). The van der Waals surface area contributed by atoms with Crippen LogP contribution in [0.4, 0.5) is 0 Å². The number of morpholine rings is 1. The molecule has 0 bridgehead atoms. The van der Waals surface area contributed by atoms with Gasteiger partial charge in [-0.1, -0.05) is 35.3 Å². The van der Waals surface area contributed by atoms with E-state index < -0.39 is 5.60 Å². The maximum absolute atomic E-state index is 13.5. The zero-order valence-corrected chi connectivity index (χ0v) is 24.1. The Morgan fingerprint density at radius 2 is 1.83 bits per heavy atom. The Morgan fingerprint density at radius 3 is 2.49 bits per heavy atom. The number of hydrogen-bond donors (Lipinski definition) is 2. The highest BCUT2D eigenvalue weighted by Crippen LogP contribution is 2.28. The molecule has 0 unspecified atom stereocenters. The van der Waals surface area contributed by atoms with Gasteiger partial charge in [-0.15, -0.1) is 0 Å². The number of carbonyl (C=O) groups is 1. The molecule has 0 radical (unpaired) electrons. The van der Waals surface area contributed by atoms with E-state index in [1.807, 2.05) is 31.2 Å². The fourth-order valence-electron chi connectivity index (χ4n) is 5.58. The van der Waals surface area contributed by atoms with Crippen LogP contribution >= 0.6 is 23.2 Å². The lowest BCUT2D eigenvalue weighted by Gasteiger charge is -2.38. The predicted octanol–water partition coefficient (Wildman–Crippen LogP) is 4.21. The Kier molecular flexibility index (Phi) is 7.65. The Balaban J connectivity index is 1.17. The standard InChI is InChI=1S/C30H31Cl2N5O4/c1-19-15-33-25(16-41-19)20-4-8-23(9-5-20)37-26(32)14-24-27(37)34-18-36(29(24)39)17-30(40)10-12-35(13-11-30)28(38)21-2-6-22(31)7-3-21/h2-9,14,18-19,25,33,40H,10-13,15-17H2,1H3/t19-,25+/m1/s1. The van der Waals surface area contributed by atoms with Crippen molar-refractivity contribution in [2.75, 3.05) is 26.2 Å². The third-order valence-corrected chi connectivity index (χ3v) is 8.56. The van der Waals surface area contributed by atoms with Crippen molar-refractivity contribution in [1.29, 1.82) is 0 Å². The van der Waals surface area contributed by atoms with Gasteiger partial charge in [0, 0.05) is 35.9 Å². The van der Waals surface area contributed by atoms with E-state index in [2.05, 4.69) is 10.3 Å². The maximum atomic E-state index is 13.5. The van der Waals surface area contributed by atoms with Gasteiger partial charge in [-0.05, 0) is 67.8 Å². The van der Waals surface area contributed by atoms with Crippen molar-refractivity contribution in [3.8, 4) is 5.69 Å². The van der Waals surface area contributed by atoms with Gasteiger partial charge in [0.1, 0.15) is 11.5 Å². The molecule has 2 aliphatic rings. The van der Waals surface area contributed by atoms with Gasteiger partial charge in [-0.3, -0.25) is 18.7 Å². The highest BCUT2D eigenvalue weighted by atomic mass is 35.5. The lowest BCUT2D eigenvalue weighted by molar-refractivity contribution is -0.0299. The molecule has 0 aliphatic carbocycles. The molecule has 0 spiro atoms. The van der Waals surface area contributed by atoms with E-state index in [1.54, 1.807) is 39.8 Å². The van der Waals surface area contributed by atoms with E-state index in [0.29, 0.717) is 59.3 Å². The first-order valence-corrected chi connectivity index (χ1v) is 14.5. The Labute approximate surface area is 247 Å². The summed E-state index contributed by atoms with van der Waals surface area (Å²) in [6.45, 7) is 4.28. The van der Waals surface area contributed by atoms with E-state index in [-0.39, 0.29) is 30.2 Å². The van der Waals surface area contributed by atoms with Crippen LogP contribution in [0.5, 0.6) is 0 Å². The highest BCUT2D eigenvalue weighted by Gasteiger charge is 2.35. The van der Waals surface area contributed by atoms with Crippen LogP contribution in [0.3, 0.4) is 0 Å². The first-order chi connectivity index (χ1) is 19.7. The second kappa shape index (κ2) is 11.2. The first-order valence-electron chi connectivity index (χ1n) is 13.7. The fraction of sp³-hybridized carbons (Fsp3) is 0.367. The number of amides is 1. The van der Waals surface area contributed by atoms with Crippen LogP contribution in [0.25, 0.3) is 16.7 Å². The zero-order chi connectivity index (χ0) is 28.7.